The highest BCUT2D eigenvalue weighted by Crippen LogP contribution is 2.44. The van der Waals surface area contributed by atoms with Crippen LogP contribution < -0.4 is 10.1 Å². The molecule has 1 atom stereocenters. The second kappa shape index (κ2) is 8.34. The third-order valence-corrected chi connectivity index (χ3v) is 6.91. The summed E-state index contributed by atoms with van der Waals surface area (Å²) in [7, 11) is 3.56. The van der Waals surface area contributed by atoms with Gasteiger partial charge in [-0.2, -0.15) is 0 Å². The van der Waals surface area contributed by atoms with Gasteiger partial charge in [0.05, 0.1) is 13.2 Å². The lowest BCUT2D eigenvalue weighted by Crippen LogP contribution is -2.44. The van der Waals surface area contributed by atoms with Crippen molar-refractivity contribution in [3.63, 3.8) is 0 Å². The average Bonchev–Trinajstić information content (AvgIpc) is 3.27. The number of aromatic nitrogens is 1. The van der Waals surface area contributed by atoms with Crippen molar-refractivity contribution in [2.45, 2.75) is 44.2 Å². The van der Waals surface area contributed by atoms with E-state index in [9.17, 15) is 9.59 Å². The van der Waals surface area contributed by atoms with Gasteiger partial charge in [-0.3, -0.25) is 9.59 Å². The van der Waals surface area contributed by atoms with E-state index in [0.717, 1.165) is 53.5 Å². The van der Waals surface area contributed by atoms with Crippen molar-refractivity contribution in [2.75, 3.05) is 13.7 Å². The van der Waals surface area contributed by atoms with Crippen molar-refractivity contribution in [1.29, 1.82) is 0 Å². The molecule has 2 amide bonds. The van der Waals surface area contributed by atoms with Gasteiger partial charge in [0.15, 0.2) is 0 Å². The van der Waals surface area contributed by atoms with Gasteiger partial charge in [-0.25, -0.2) is 0 Å². The molecule has 2 heterocycles. The van der Waals surface area contributed by atoms with E-state index in [1.165, 1.54) is 6.42 Å². The third-order valence-electron chi connectivity index (χ3n) is 6.91. The number of nitrogens with zero attached hydrogens (tertiary/aromatic N) is 2. The number of carbonyl (C=O) groups excluding carboxylic acids is 2. The minimum absolute atomic E-state index is 0.0506. The highest BCUT2D eigenvalue weighted by Gasteiger charge is 2.42. The second-order valence-corrected chi connectivity index (χ2v) is 8.85. The smallest absolute Gasteiger partial charge is 0.272 e. The fraction of sp³-hybridized carbons (Fsp3) is 0.385. The number of ether oxygens (including phenoxy) is 1. The van der Waals surface area contributed by atoms with E-state index in [1.807, 2.05) is 54.1 Å². The van der Waals surface area contributed by atoms with E-state index in [1.54, 1.807) is 12.0 Å². The van der Waals surface area contributed by atoms with Gasteiger partial charge in [0.2, 0.25) is 5.91 Å². The van der Waals surface area contributed by atoms with Gasteiger partial charge in [-0.1, -0.05) is 49.6 Å². The Hall–Kier alpha value is -3.28. The average molecular weight is 432 g/mol. The van der Waals surface area contributed by atoms with Crippen LogP contribution in [0.15, 0.2) is 48.5 Å². The number of carbonyl (C=O) groups is 2. The molecular weight excluding hydrogens is 402 g/mol. The molecule has 0 saturated heterocycles. The molecule has 166 valence electrons. The van der Waals surface area contributed by atoms with E-state index in [0.29, 0.717) is 5.69 Å². The molecule has 2 aliphatic rings. The first kappa shape index (κ1) is 20.6. The number of amides is 2. The van der Waals surface area contributed by atoms with Gasteiger partial charge < -0.3 is 19.5 Å². The molecule has 1 aliphatic carbocycles. The summed E-state index contributed by atoms with van der Waals surface area (Å²) in [5, 5.41) is 4.22. The van der Waals surface area contributed by atoms with Crippen molar-refractivity contribution >= 4 is 22.7 Å². The van der Waals surface area contributed by atoms with Gasteiger partial charge in [0.25, 0.3) is 5.91 Å². The first-order chi connectivity index (χ1) is 15.6. The molecule has 1 aromatic heterocycles. The lowest BCUT2D eigenvalue weighted by molar-refractivity contribution is -0.122. The molecule has 3 aromatic rings. The molecule has 1 saturated carbocycles. The Morgan fingerprint density at radius 3 is 2.50 bits per heavy atom. The van der Waals surface area contributed by atoms with Crippen LogP contribution in [-0.4, -0.2) is 41.0 Å². The normalized spacial score (nSPS) is 18.8. The van der Waals surface area contributed by atoms with Gasteiger partial charge in [-0.05, 0) is 36.6 Å². The fourth-order valence-electron chi connectivity index (χ4n) is 5.34. The Bertz CT molecular complexity index is 1160. The van der Waals surface area contributed by atoms with Crippen LogP contribution in [-0.2, 0) is 11.8 Å². The molecule has 1 fully saturated rings. The second-order valence-electron chi connectivity index (χ2n) is 8.85. The van der Waals surface area contributed by atoms with Gasteiger partial charge >= 0.3 is 0 Å². The summed E-state index contributed by atoms with van der Waals surface area (Å²) in [5.41, 5.74) is 3.64. The predicted octanol–water partition coefficient (Wildman–Crippen LogP) is 4.18. The fourth-order valence-corrected chi connectivity index (χ4v) is 5.34. The SMILES string of the molecule is COc1ccc(C2c3c(n(C)c4ccccc34)C(=O)N2CC(=O)NC2CCCCC2)cc1. The molecule has 1 unspecified atom stereocenters. The molecule has 0 radical (unpaired) electrons. The Kier molecular flexibility index (Phi) is 5.37. The number of methoxy groups -OCH3 is 1. The van der Waals surface area contributed by atoms with Gasteiger partial charge in [-0.15, -0.1) is 0 Å². The van der Waals surface area contributed by atoms with Crippen molar-refractivity contribution in [2.24, 2.45) is 7.05 Å². The monoisotopic (exact) mass is 431 g/mol. The summed E-state index contributed by atoms with van der Waals surface area (Å²) in [6.07, 6.45) is 5.58. The zero-order chi connectivity index (χ0) is 22.2. The van der Waals surface area contributed by atoms with Crippen LogP contribution in [0.4, 0.5) is 0 Å². The van der Waals surface area contributed by atoms with E-state index < -0.39 is 0 Å². The van der Waals surface area contributed by atoms with E-state index >= 15 is 0 Å². The molecule has 0 spiro atoms. The minimum Gasteiger partial charge on any atom is -0.497 e. The largest absolute Gasteiger partial charge is 0.497 e. The van der Waals surface area contributed by atoms with Crippen LogP contribution in [0.3, 0.4) is 0 Å². The summed E-state index contributed by atoms with van der Waals surface area (Å²) in [6, 6.07) is 15.8. The first-order valence-corrected chi connectivity index (χ1v) is 11.4. The lowest BCUT2D eigenvalue weighted by atomic mass is 9.95. The number of benzene rings is 2. The molecule has 1 aliphatic heterocycles. The van der Waals surface area contributed by atoms with E-state index in [-0.39, 0.29) is 30.4 Å². The topological polar surface area (TPSA) is 63.6 Å². The number of nitrogens with one attached hydrogen (secondary N) is 1. The van der Waals surface area contributed by atoms with Crippen molar-refractivity contribution in [3.05, 3.63) is 65.4 Å². The maximum Gasteiger partial charge on any atom is 0.272 e. The quantitative estimate of drug-likeness (QED) is 0.659. The Balaban J connectivity index is 1.53. The summed E-state index contributed by atoms with van der Waals surface area (Å²) in [4.78, 5) is 28.3. The van der Waals surface area contributed by atoms with Crippen molar-refractivity contribution < 1.29 is 14.3 Å². The molecule has 2 aromatic carbocycles. The zero-order valence-corrected chi connectivity index (χ0v) is 18.6. The number of hydrogen-bond acceptors (Lipinski definition) is 3. The Morgan fingerprint density at radius 2 is 1.78 bits per heavy atom. The summed E-state index contributed by atoms with van der Waals surface area (Å²) in [5.74, 6) is 0.581. The molecule has 0 bridgehead atoms. The van der Waals surface area contributed by atoms with Crippen LogP contribution in [0, 0.1) is 0 Å². The van der Waals surface area contributed by atoms with E-state index in [4.69, 9.17) is 4.74 Å². The molecule has 5 rings (SSSR count). The van der Waals surface area contributed by atoms with Crippen molar-refractivity contribution in [3.8, 4) is 5.75 Å². The maximum absolute atomic E-state index is 13.6. The maximum atomic E-state index is 13.6. The predicted molar refractivity (Wildman–Crippen MR) is 124 cm³/mol. The molecule has 32 heavy (non-hydrogen) atoms. The van der Waals surface area contributed by atoms with Crippen LogP contribution >= 0.6 is 0 Å². The summed E-state index contributed by atoms with van der Waals surface area (Å²) in [6.45, 7) is 0.0506. The number of aryl methyl sites for hydroxylation is 1. The molecule has 6 heteroatoms. The summed E-state index contributed by atoms with van der Waals surface area (Å²) >= 11 is 0. The highest BCUT2D eigenvalue weighted by molar-refractivity contribution is 6.07. The number of fused-ring (bicyclic) bond motifs is 3. The molecule has 1 N–H and O–H groups in total. The molecular formula is C26H29N3O3. The van der Waals surface area contributed by atoms with Crippen LogP contribution in [0.5, 0.6) is 5.75 Å². The Morgan fingerprint density at radius 1 is 1.06 bits per heavy atom. The zero-order valence-electron chi connectivity index (χ0n) is 18.6. The van der Waals surface area contributed by atoms with Crippen LogP contribution in [0.25, 0.3) is 10.9 Å². The highest BCUT2D eigenvalue weighted by atomic mass is 16.5. The van der Waals surface area contributed by atoms with Gasteiger partial charge in [0, 0.05) is 29.6 Å². The molecule has 6 nitrogen and oxygen atoms in total. The summed E-state index contributed by atoms with van der Waals surface area (Å²) < 4.78 is 7.28. The van der Waals surface area contributed by atoms with Crippen molar-refractivity contribution in [1.82, 2.24) is 14.8 Å². The number of para-hydroxylation sites is 1. The third kappa shape index (κ3) is 3.44. The van der Waals surface area contributed by atoms with Crippen LogP contribution in [0.1, 0.15) is 59.8 Å². The first-order valence-electron chi connectivity index (χ1n) is 11.4. The lowest BCUT2D eigenvalue weighted by Gasteiger charge is -2.28. The Labute approximate surface area is 188 Å². The minimum atomic E-state index is -0.313. The number of hydrogen-bond donors (Lipinski definition) is 1. The number of rotatable bonds is 5. The van der Waals surface area contributed by atoms with E-state index in [2.05, 4.69) is 11.4 Å². The van der Waals surface area contributed by atoms with Gasteiger partial charge in [0.1, 0.15) is 18.0 Å². The van der Waals surface area contributed by atoms with Crippen LogP contribution in [0.2, 0.25) is 0 Å². The standard InChI is InChI=1S/C26H29N3O3/c1-28-21-11-7-6-10-20(21)23-24(17-12-14-19(32-2)15-13-17)29(26(31)25(23)28)16-22(30)27-18-8-4-3-5-9-18/h6-7,10-15,18,24H,3-5,8-9,16H2,1-2H3,(H,27,30).